The smallest absolute Gasteiger partial charge is 0.0330 e. The molecule has 1 rings (SSSR count). The van der Waals surface area contributed by atoms with Crippen molar-refractivity contribution in [3.05, 3.63) is 24.6 Å². The van der Waals surface area contributed by atoms with Gasteiger partial charge >= 0.3 is 0 Å². The van der Waals surface area contributed by atoms with Crippen molar-refractivity contribution in [3.8, 4) is 0 Å². The zero-order valence-corrected chi connectivity index (χ0v) is 11.0. The Morgan fingerprint density at radius 2 is 1.60 bits per heavy atom. The molecule has 0 heterocycles. The predicted octanol–water partition coefficient (Wildman–Crippen LogP) is 4.10. The lowest BCUT2D eigenvalue weighted by Gasteiger charge is -2.00. The Morgan fingerprint density at radius 1 is 1.20 bits per heavy atom. The molecule has 0 amide bonds. The van der Waals surface area contributed by atoms with Crippen LogP contribution in [0.25, 0.3) is 0 Å². The number of hydrogen-bond donors (Lipinski definition) is 1. The summed E-state index contributed by atoms with van der Waals surface area (Å²) in [7, 11) is 0. The van der Waals surface area contributed by atoms with Gasteiger partial charge in [-0.15, -0.1) is 12.6 Å². The van der Waals surface area contributed by atoms with Crippen LogP contribution in [0.4, 0.5) is 0 Å². The molecule has 0 fully saturated rings. The molecule has 0 aliphatic heterocycles. The molecule has 4 heteroatoms. The number of hydrogen-bond acceptors (Lipinski definition) is 1. The minimum Gasteiger partial charge on any atom is -0.141 e. The molecule has 54 valence electrons. The Bertz CT molecular complexity index is 239. The fourth-order valence-corrected chi connectivity index (χ4v) is 3.33. The van der Waals surface area contributed by atoms with Crippen molar-refractivity contribution >= 4 is 67.1 Å². The predicted molar refractivity (Wildman–Crippen MR) is 61.8 cm³/mol. The largest absolute Gasteiger partial charge is 0.141 e. The van der Waals surface area contributed by atoms with Gasteiger partial charge in [0.2, 0.25) is 0 Å². The minimum atomic E-state index is 0.945. The number of rotatable bonds is 0. The number of halogens is 3. The van der Waals surface area contributed by atoms with Crippen LogP contribution in [0.5, 0.6) is 0 Å². The van der Waals surface area contributed by atoms with Crippen LogP contribution in [0.2, 0.25) is 0 Å². The average Bonchev–Trinajstić information content (AvgIpc) is 1.82. The van der Waals surface area contributed by atoms with Crippen molar-refractivity contribution in [1.29, 1.82) is 0 Å². The maximum Gasteiger partial charge on any atom is 0.0330 e. The zero-order chi connectivity index (χ0) is 7.72. The van der Waals surface area contributed by atoms with Crippen LogP contribution < -0.4 is 0 Å². The molecule has 1 aromatic rings. The first-order chi connectivity index (χ1) is 4.61. The van der Waals surface area contributed by atoms with Crippen molar-refractivity contribution in [1.82, 2.24) is 0 Å². The second-order valence-electron chi connectivity index (χ2n) is 1.72. The second kappa shape index (κ2) is 3.78. The fraction of sp³-hybridized carbons (Fsp3) is 0. The summed E-state index contributed by atoms with van der Waals surface area (Å²) in [6.45, 7) is 0. The molecule has 0 saturated heterocycles. The van der Waals surface area contributed by atoms with Gasteiger partial charge in [0.25, 0.3) is 0 Å². The first kappa shape index (κ1) is 9.35. The van der Waals surface area contributed by atoms with Crippen molar-refractivity contribution in [2.24, 2.45) is 0 Å². The molecule has 10 heavy (non-hydrogen) atoms. The third kappa shape index (κ3) is 2.12. The van der Waals surface area contributed by atoms with Crippen molar-refractivity contribution in [2.45, 2.75) is 4.90 Å². The molecule has 0 aliphatic carbocycles. The van der Waals surface area contributed by atoms with Crippen LogP contribution in [-0.4, -0.2) is 0 Å². The average molecular weight is 394 g/mol. The summed E-state index contributed by atoms with van der Waals surface area (Å²) in [5, 5.41) is 0. The molecule has 0 radical (unpaired) electrons. The molecule has 0 saturated carbocycles. The molecule has 0 N–H and O–H groups in total. The SMILES string of the molecule is Sc1c(Br)cc(I)cc1Br. The van der Waals surface area contributed by atoms with Crippen LogP contribution in [0.3, 0.4) is 0 Å². The van der Waals surface area contributed by atoms with Gasteiger partial charge in [0, 0.05) is 17.4 Å². The second-order valence-corrected chi connectivity index (χ2v) is 5.12. The topological polar surface area (TPSA) is 0 Å². The molecule has 1 aromatic carbocycles. The monoisotopic (exact) mass is 392 g/mol. The quantitative estimate of drug-likeness (QED) is 0.498. The van der Waals surface area contributed by atoms with E-state index in [1.165, 1.54) is 3.57 Å². The first-order valence-electron chi connectivity index (χ1n) is 2.45. The van der Waals surface area contributed by atoms with Crippen LogP contribution in [0.1, 0.15) is 0 Å². The lowest BCUT2D eigenvalue weighted by molar-refractivity contribution is 1.35. The molecule has 0 aliphatic rings. The van der Waals surface area contributed by atoms with Gasteiger partial charge in [-0.1, -0.05) is 0 Å². The van der Waals surface area contributed by atoms with Gasteiger partial charge in [-0.2, -0.15) is 0 Å². The first-order valence-corrected chi connectivity index (χ1v) is 5.56. The van der Waals surface area contributed by atoms with E-state index < -0.39 is 0 Å². The molecular formula is C6H3Br2IS. The van der Waals surface area contributed by atoms with Crippen molar-refractivity contribution in [2.75, 3.05) is 0 Å². The lowest BCUT2D eigenvalue weighted by Crippen LogP contribution is -1.76. The van der Waals surface area contributed by atoms with Crippen molar-refractivity contribution in [3.63, 3.8) is 0 Å². The van der Waals surface area contributed by atoms with Gasteiger partial charge in [0.1, 0.15) is 0 Å². The molecule has 0 spiro atoms. The highest BCUT2D eigenvalue weighted by molar-refractivity contribution is 14.1. The number of thiol groups is 1. The van der Waals surface area contributed by atoms with Crippen molar-refractivity contribution < 1.29 is 0 Å². The van der Waals surface area contributed by atoms with Gasteiger partial charge in [-0.3, -0.25) is 0 Å². The Balaban J connectivity index is 3.31. The van der Waals surface area contributed by atoms with E-state index in [-0.39, 0.29) is 0 Å². The van der Waals surface area contributed by atoms with Crippen LogP contribution >= 0.6 is 67.1 Å². The maximum atomic E-state index is 4.26. The van der Waals surface area contributed by atoms with E-state index in [9.17, 15) is 0 Å². The molecular weight excluding hydrogens is 391 g/mol. The third-order valence-corrected chi connectivity index (χ3v) is 3.95. The van der Waals surface area contributed by atoms with Gasteiger partial charge in [-0.25, -0.2) is 0 Å². The van der Waals surface area contributed by atoms with E-state index in [1.54, 1.807) is 0 Å². The van der Waals surface area contributed by atoms with E-state index in [0.717, 1.165) is 13.8 Å². The van der Waals surface area contributed by atoms with Gasteiger partial charge in [-0.05, 0) is 66.6 Å². The van der Waals surface area contributed by atoms with Gasteiger partial charge in [0.15, 0.2) is 0 Å². The minimum absolute atomic E-state index is 0.945. The van der Waals surface area contributed by atoms with Crippen LogP contribution in [0, 0.1) is 3.57 Å². The molecule has 0 nitrogen and oxygen atoms in total. The summed E-state index contributed by atoms with van der Waals surface area (Å²) in [5.41, 5.74) is 0. The van der Waals surface area contributed by atoms with E-state index in [4.69, 9.17) is 0 Å². The summed E-state index contributed by atoms with van der Waals surface area (Å²) in [4.78, 5) is 0.945. The highest BCUT2D eigenvalue weighted by Gasteiger charge is 2.00. The fourth-order valence-electron chi connectivity index (χ4n) is 0.535. The van der Waals surface area contributed by atoms with E-state index in [2.05, 4.69) is 67.1 Å². The van der Waals surface area contributed by atoms with Crippen LogP contribution in [-0.2, 0) is 0 Å². The Morgan fingerprint density at radius 3 is 2.00 bits per heavy atom. The highest BCUT2D eigenvalue weighted by atomic mass is 127. The number of benzene rings is 1. The van der Waals surface area contributed by atoms with Crippen LogP contribution in [0.15, 0.2) is 26.0 Å². The Hall–Kier alpha value is 1.26. The lowest BCUT2D eigenvalue weighted by atomic mass is 10.4. The van der Waals surface area contributed by atoms with Gasteiger partial charge < -0.3 is 0 Å². The molecule has 0 bridgehead atoms. The summed E-state index contributed by atoms with van der Waals surface area (Å²) >= 11 is 13.3. The standard InChI is InChI=1S/C6H3Br2IS/c7-4-1-3(9)2-5(8)6(4)10/h1-2,10H. The Labute approximate surface area is 95.6 Å². The zero-order valence-electron chi connectivity index (χ0n) is 4.74. The third-order valence-electron chi connectivity index (χ3n) is 0.982. The highest BCUT2D eigenvalue weighted by Crippen LogP contribution is 2.30. The van der Waals surface area contributed by atoms with E-state index in [1.807, 2.05) is 12.1 Å². The maximum absolute atomic E-state index is 4.26. The Kier molecular flexibility index (Phi) is 3.53. The molecule has 0 unspecified atom stereocenters. The molecule has 0 atom stereocenters. The summed E-state index contributed by atoms with van der Waals surface area (Å²) in [6, 6.07) is 4.04. The summed E-state index contributed by atoms with van der Waals surface area (Å²) < 4.78 is 3.23. The van der Waals surface area contributed by atoms with Gasteiger partial charge in [0.05, 0.1) is 0 Å². The normalized spacial score (nSPS) is 10.0. The molecule has 0 aromatic heterocycles. The summed E-state index contributed by atoms with van der Waals surface area (Å²) in [5.74, 6) is 0. The van der Waals surface area contributed by atoms with E-state index in [0.29, 0.717) is 0 Å². The summed E-state index contributed by atoms with van der Waals surface area (Å²) in [6.07, 6.45) is 0. The van der Waals surface area contributed by atoms with E-state index >= 15 is 0 Å².